The van der Waals surface area contributed by atoms with Gasteiger partial charge in [-0.2, -0.15) is 0 Å². The molecule has 2 bridgehead atoms. The van der Waals surface area contributed by atoms with Gasteiger partial charge in [-0.1, -0.05) is 18.9 Å². The summed E-state index contributed by atoms with van der Waals surface area (Å²) in [5.41, 5.74) is 12.7. The van der Waals surface area contributed by atoms with Gasteiger partial charge in [-0.3, -0.25) is 24.4 Å². The lowest BCUT2D eigenvalue weighted by Crippen LogP contribution is -2.47. The van der Waals surface area contributed by atoms with Gasteiger partial charge in [-0.05, 0) is 50.9 Å². The molecule has 0 aliphatic carbocycles. The number of carboxylic acid groups (broad SMARTS) is 2. The highest BCUT2D eigenvalue weighted by Crippen LogP contribution is 2.16. The van der Waals surface area contributed by atoms with E-state index < -0.39 is 24.0 Å². The van der Waals surface area contributed by atoms with Gasteiger partial charge >= 0.3 is 11.9 Å². The van der Waals surface area contributed by atoms with Crippen molar-refractivity contribution in [2.75, 3.05) is 39.3 Å². The first-order chi connectivity index (χ1) is 16.0. The van der Waals surface area contributed by atoms with Crippen molar-refractivity contribution in [3.63, 3.8) is 0 Å². The molecule has 10 nitrogen and oxygen atoms in total. The molecule has 186 valence electrons. The van der Waals surface area contributed by atoms with Crippen LogP contribution in [0.2, 0.25) is 0 Å². The lowest BCUT2D eigenvalue weighted by molar-refractivity contribution is -0.144. The Hall–Kier alpha value is -2.11. The van der Waals surface area contributed by atoms with Crippen molar-refractivity contribution in [2.24, 2.45) is 11.5 Å². The molecular formula is C23H40N6O4. The van der Waals surface area contributed by atoms with E-state index in [9.17, 15) is 19.8 Å². The highest BCUT2D eigenvalue weighted by atomic mass is 16.4. The lowest BCUT2D eigenvalue weighted by atomic mass is 10.1. The number of unbranched alkanes of at least 4 members (excludes halogenated alkanes) is 2. The molecule has 1 aliphatic heterocycles. The number of rotatable bonds is 12. The number of aromatic nitrogens is 1. The van der Waals surface area contributed by atoms with Crippen molar-refractivity contribution in [3.8, 4) is 0 Å². The van der Waals surface area contributed by atoms with E-state index in [4.69, 9.17) is 16.5 Å². The minimum absolute atomic E-state index is 0.425. The van der Waals surface area contributed by atoms with Crippen LogP contribution in [0.15, 0.2) is 18.2 Å². The summed E-state index contributed by atoms with van der Waals surface area (Å²) in [5, 5.41) is 23.0. The molecular weight excluding hydrogens is 424 g/mol. The molecule has 2 unspecified atom stereocenters. The Bertz CT molecular complexity index is 679. The van der Waals surface area contributed by atoms with Crippen LogP contribution >= 0.6 is 0 Å². The number of fused-ring (bicyclic) bond motifs is 2. The van der Waals surface area contributed by atoms with E-state index in [-0.39, 0.29) is 0 Å². The fourth-order valence-corrected chi connectivity index (χ4v) is 4.27. The van der Waals surface area contributed by atoms with Crippen molar-refractivity contribution in [1.82, 2.24) is 20.1 Å². The van der Waals surface area contributed by atoms with Gasteiger partial charge < -0.3 is 27.0 Å². The smallest absolute Gasteiger partial charge is 0.320 e. The van der Waals surface area contributed by atoms with Crippen LogP contribution in [0.5, 0.6) is 0 Å². The maximum Gasteiger partial charge on any atom is 0.320 e. The molecule has 2 atom stereocenters. The Morgan fingerprint density at radius 3 is 1.73 bits per heavy atom. The summed E-state index contributed by atoms with van der Waals surface area (Å²) in [6.07, 6.45) is 4.22. The minimum Gasteiger partial charge on any atom is -0.480 e. The van der Waals surface area contributed by atoms with Crippen LogP contribution in [0.4, 0.5) is 0 Å². The Labute approximate surface area is 196 Å². The molecule has 2 rings (SSSR count). The van der Waals surface area contributed by atoms with Crippen LogP contribution in [0, 0.1) is 0 Å². The molecule has 0 saturated carbocycles. The number of hydrogen-bond acceptors (Lipinski definition) is 8. The highest BCUT2D eigenvalue weighted by Gasteiger charge is 2.28. The van der Waals surface area contributed by atoms with Crippen molar-refractivity contribution in [2.45, 2.75) is 63.7 Å². The van der Waals surface area contributed by atoms with Gasteiger partial charge in [0.1, 0.15) is 12.1 Å². The second-order valence-corrected chi connectivity index (χ2v) is 8.59. The van der Waals surface area contributed by atoms with Gasteiger partial charge in [0.15, 0.2) is 0 Å². The van der Waals surface area contributed by atoms with E-state index in [2.05, 4.69) is 5.32 Å². The third kappa shape index (κ3) is 9.34. The molecule has 10 heteroatoms. The topological polar surface area (TPSA) is 158 Å². The van der Waals surface area contributed by atoms with Gasteiger partial charge in [0, 0.05) is 39.3 Å². The predicted octanol–water partition coefficient (Wildman–Crippen LogP) is 0.453. The van der Waals surface area contributed by atoms with Crippen LogP contribution in [-0.2, 0) is 22.7 Å². The van der Waals surface area contributed by atoms with Crippen LogP contribution in [-0.4, -0.2) is 88.3 Å². The summed E-state index contributed by atoms with van der Waals surface area (Å²) in [7, 11) is 0. The number of pyridine rings is 1. The van der Waals surface area contributed by atoms with Gasteiger partial charge in [0.05, 0.1) is 11.4 Å². The van der Waals surface area contributed by atoms with E-state index in [0.29, 0.717) is 65.2 Å². The molecule has 0 radical (unpaired) electrons. The van der Waals surface area contributed by atoms with Gasteiger partial charge in [0.2, 0.25) is 0 Å². The molecule has 1 aromatic rings. The van der Waals surface area contributed by atoms with Gasteiger partial charge in [-0.25, -0.2) is 0 Å². The van der Waals surface area contributed by atoms with Crippen LogP contribution in [0.1, 0.15) is 49.9 Å². The van der Waals surface area contributed by atoms with E-state index in [0.717, 1.165) is 37.1 Å². The predicted molar refractivity (Wildman–Crippen MR) is 127 cm³/mol. The third-order valence-corrected chi connectivity index (χ3v) is 6.06. The first kappa shape index (κ1) is 27.1. The fraction of sp³-hybridized carbons (Fsp3) is 0.696. The van der Waals surface area contributed by atoms with Crippen molar-refractivity contribution >= 4 is 11.9 Å². The summed E-state index contributed by atoms with van der Waals surface area (Å²) in [5.74, 6) is -1.66. The van der Waals surface area contributed by atoms with Crippen LogP contribution < -0.4 is 16.8 Å². The Morgan fingerprint density at radius 2 is 1.33 bits per heavy atom. The van der Waals surface area contributed by atoms with Crippen LogP contribution in [0.25, 0.3) is 0 Å². The Morgan fingerprint density at radius 1 is 0.879 bits per heavy atom. The molecule has 0 amide bonds. The highest BCUT2D eigenvalue weighted by molar-refractivity contribution is 5.73. The first-order valence-corrected chi connectivity index (χ1v) is 12.0. The zero-order valence-electron chi connectivity index (χ0n) is 19.5. The average Bonchev–Trinajstić information content (AvgIpc) is 2.77. The maximum atomic E-state index is 12.0. The molecule has 0 saturated heterocycles. The third-order valence-electron chi connectivity index (χ3n) is 6.06. The maximum absolute atomic E-state index is 12.0. The minimum atomic E-state index is -0.830. The second kappa shape index (κ2) is 14.9. The number of carboxylic acids is 2. The number of nitrogens with one attached hydrogen (secondary N) is 1. The monoisotopic (exact) mass is 464 g/mol. The zero-order valence-corrected chi connectivity index (χ0v) is 19.5. The van der Waals surface area contributed by atoms with E-state index >= 15 is 0 Å². The normalized spacial score (nSPS) is 18.1. The standard InChI is InChI=1S/C23H40N6O4/c24-10-3-1-8-20(22(30)31)28-14-12-26-13-15-29(21(23(32)33)9-2-4-11-25)17-19-7-5-6-18(16-28)27-19/h5-7,20-21,26H,1-4,8-17,24-25H2,(H,30,31)(H,32,33). The zero-order chi connectivity index (χ0) is 24.1. The van der Waals surface area contributed by atoms with E-state index in [1.165, 1.54) is 0 Å². The lowest BCUT2D eigenvalue weighted by Gasteiger charge is -2.31. The van der Waals surface area contributed by atoms with Gasteiger partial charge in [-0.15, -0.1) is 0 Å². The summed E-state index contributed by atoms with van der Waals surface area (Å²) in [6.45, 7) is 4.30. The Kier molecular flexibility index (Phi) is 12.3. The van der Waals surface area contributed by atoms with Crippen molar-refractivity contribution in [3.05, 3.63) is 29.6 Å². The second-order valence-electron chi connectivity index (χ2n) is 8.59. The molecule has 0 spiro atoms. The average molecular weight is 465 g/mol. The van der Waals surface area contributed by atoms with E-state index in [1.807, 2.05) is 28.0 Å². The molecule has 2 heterocycles. The molecule has 0 aromatic carbocycles. The summed E-state index contributed by atoms with van der Waals surface area (Å²) in [6, 6.07) is 4.51. The first-order valence-electron chi connectivity index (χ1n) is 12.0. The summed E-state index contributed by atoms with van der Waals surface area (Å²) < 4.78 is 0. The van der Waals surface area contributed by atoms with Crippen LogP contribution in [0.3, 0.4) is 0 Å². The fourth-order valence-electron chi connectivity index (χ4n) is 4.27. The van der Waals surface area contributed by atoms with Crippen molar-refractivity contribution < 1.29 is 19.8 Å². The number of hydrogen-bond donors (Lipinski definition) is 5. The largest absolute Gasteiger partial charge is 0.480 e. The van der Waals surface area contributed by atoms with Crippen molar-refractivity contribution in [1.29, 1.82) is 0 Å². The number of carbonyl (C=O) groups is 2. The van der Waals surface area contributed by atoms with E-state index in [1.54, 1.807) is 0 Å². The number of nitrogens with zero attached hydrogens (tertiary/aromatic N) is 3. The molecule has 1 aromatic heterocycles. The molecule has 1 aliphatic rings. The number of nitrogens with two attached hydrogens (primary N) is 2. The molecule has 7 N–H and O–H groups in total. The SMILES string of the molecule is NCCCCC(C(=O)O)N1CCNCCN(C(CCCCN)C(=O)O)Cc2cccc(n2)C1. The Balaban J connectivity index is 2.21. The molecule has 0 fully saturated rings. The summed E-state index contributed by atoms with van der Waals surface area (Å²) >= 11 is 0. The van der Waals surface area contributed by atoms with Gasteiger partial charge in [0.25, 0.3) is 0 Å². The quantitative estimate of drug-likeness (QED) is 0.275. The summed E-state index contributed by atoms with van der Waals surface area (Å²) in [4.78, 5) is 32.7. The number of aliphatic carboxylic acids is 2. The molecule has 33 heavy (non-hydrogen) atoms.